The Balaban J connectivity index is 2.36. The van der Waals surface area contributed by atoms with E-state index in [9.17, 15) is 4.79 Å². The number of rotatable bonds is 6. The van der Waals surface area contributed by atoms with Gasteiger partial charge in [0.15, 0.2) is 0 Å². The minimum absolute atomic E-state index is 0.0127. The van der Waals surface area contributed by atoms with Gasteiger partial charge >= 0.3 is 0 Å². The number of carbonyl (C=O) groups excluding carboxylic acids is 1. The number of likely N-dealkylation sites (N-methyl/N-ethyl adjacent to an activating group) is 1. The Hall–Kier alpha value is -0.710. The summed E-state index contributed by atoms with van der Waals surface area (Å²) in [7, 11) is 1.71. The van der Waals surface area contributed by atoms with Gasteiger partial charge in [-0.05, 0) is 24.6 Å². The first-order chi connectivity index (χ1) is 8.54. The van der Waals surface area contributed by atoms with E-state index in [0.29, 0.717) is 10.8 Å². The van der Waals surface area contributed by atoms with Crippen molar-refractivity contribution in [2.75, 3.05) is 19.4 Å². The van der Waals surface area contributed by atoms with Crippen molar-refractivity contribution in [3.8, 4) is 0 Å². The quantitative estimate of drug-likeness (QED) is 0.873. The van der Waals surface area contributed by atoms with Crippen LogP contribution in [0.25, 0.3) is 0 Å². The summed E-state index contributed by atoms with van der Waals surface area (Å²) in [6.45, 7) is 1.81. The average molecular weight is 288 g/mol. The Labute approximate surface area is 117 Å². The van der Waals surface area contributed by atoms with Gasteiger partial charge in [-0.25, -0.2) is 0 Å². The van der Waals surface area contributed by atoms with Gasteiger partial charge in [0.2, 0.25) is 5.91 Å². The highest BCUT2D eigenvalue weighted by Gasteiger charge is 2.14. The molecular weight excluding hydrogens is 270 g/mol. The number of nitrogens with zero attached hydrogens (tertiary/aromatic N) is 1. The molecule has 0 heterocycles. The number of hydrogen-bond acceptors (Lipinski definition) is 3. The molecule has 18 heavy (non-hydrogen) atoms. The van der Waals surface area contributed by atoms with E-state index >= 15 is 0 Å². The summed E-state index contributed by atoms with van der Waals surface area (Å²) in [6, 6.07) is 7.49. The third kappa shape index (κ3) is 4.88. The van der Waals surface area contributed by atoms with Gasteiger partial charge in [-0.2, -0.15) is 0 Å². The van der Waals surface area contributed by atoms with Crippen molar-refractivity contribution in [1.29, 1.82) is 0 Å². The molecule has 0 saturated carbocycles. The lowest BCUT2D eigenvalue weighted by atomic mass is 10.2. The maximum absolute atomic E-state index is 11.8. The summed E-state index contributed by atoms with van der Waals surface area (Å²) in [5, 5.41) is 9.69. The van der Waals surface area contributed by atoms with Crippen LogP contribution in [-0.2, 0) is 10.5 Å². The standard InChI is InChI=1S/C13H18ClNO2S/c1-10(7-16)15(2)13(17)9-18-8-11-4-3-5-12(14)6-11/h3-6,10,16H,7-9H2,1-2H3. The third-order valence-corrected chi connectivity index (χ3v) is 3.93. The molecule has 0 aliphatic heterocycles. The molecular formula is C13H18ClNO2S. The molecule has 3 nitrogen and oxygen atoms in total. The van der Waals surface area contributed by atoms with Crippen molar-refractivity contribution in [3.63, 3.8) is 0 Å². The Bertz CT molecular complexity index is 400. The molecule has 0 saturated heterocycles. The number of halogens is 1. The summed E-state index contributed by atoms with van der Waals surface area (Å²) in [4.78, 5) is 13.3. The van der Waals surface area contributed by atoms with Crippen molar-refractivity contribution in [3.05, 3.63) is 34.9 Å². The predicted octanol–water partition coefficient (Wildman–Crippen LogP) is 2.41. The number of thioether (sulfide) groups is 1. The van der Waals surface area contributed by atoms with E-state index in [1.807, 2.05) is 31.2 Å². The fourth-order valence-electron chi connectivity index (χ4n) is 1.35. The molecule has 0 fully saturated rings. The highest BCUT2D eigenvalue weighted by molar-refractivity contribution is 7.99. The van der Waals surface area contributed by atoms with E-state index in [2.05, 4.69) is 0 Å². The smallest absolute Gasteiger partial charge is 0.232 e. The van der Waals surface area contributed by atoms with Crippen molar-refractivity contribution in [2.24, 2.45) is 0 Å². The van der Waals surface area contributed by atoms with E-state index in [1.54, 1.807) is 23.7 Å². The van der Waals surface area contributed by atoms with Crippen molar-refractivity contribution in [1.82, 2.24) is 4.90 Å². The van der Waals surface area contributed by atoms with Crippen LogP contribution in [0.15, 0.2) is 24.3 Å². The van der Waals surface area contributed by atoms with Crippen LogP contribution < -0.4 is 0 Å². The predicted molar refractivity (Wildman–Crippen MR) is 76.9 cm³/mol. The molecule has 1 aromatic rings. The topological polar surface area (TPSA) is 40.5 Å². The lowest BCUT2D eigenvalue weighted by Crippen LogP contribution is -2.38. The maximum atomic E-state index is 11.8. The van der Waals surface area contributed by atoms with Gasteiger partial charge in [-0.3, -0.25) is 4.79 Å². The van der Waals surface area contributed by atoms with Crippen LogP contribution in [0.2, 0.25) is 5.02 Å². The minimum Gasteiger partial charge on any atom is -0.394 e. The molecule has 0 aliphatic rings. The van der Waals surface area contributed by atoms with Crippen LogP contribution in [0, 0.1) is 0 Å². The number of benzene rings is 1. The van der Waals surface area contributed by atoms with Gasteiger partial charge in [0, 0.05) is 17.8 Å². The fourth-order valence-corrected chi connectivity index (χ4v) is 2.46. The molecule has 0 aromatic heterocycles. The lowest BCUT2D eigenvalue weighted by Gasteiger charge is -2.22. The Morgan fingerprint density at radius 2 is 2.28 bits per heavy atom. The molecule has 1 atom stereocenters. The molecule has 1 amide bonds. The molecule has 0 aliphatic carbocycles. The summed E-state index contributed by atoms with van der Waals surface area (Å²) in [6.07, 6.45) is 0. The molecule has 1 aromatic carbocycles. The van der Waals surface area contributed by atoms with Gasteiger partial charge in [0.25, 0.3) is 0 Å². The first-order valence-electron chi connectivity index (χ1n) is 5.73. The number of hydrogen-bond donors (Lipinski definition) is 1. The van der Waals surface area contributed by atoms with Gasteiger partial charge in [-0.15, -0.1) is 11.8 Å². The molecule has 0 bridgehead atoms. The molecule has 1 unspecified atom stereocenters. The van der Waals surface area contributed by atoms with E-state index in [0.717, 1.165) is 11.3 Å². The van der Waals surface area contributed by atoms with E-state index in [-0.39, 0.29) is 18.6 Å². The van der Waals surface area contributed by atoms with Gasteiger partial charge < -0.3 is 10.0 Å². The summed E-state index contributed by atoms with van der Waals surface area (Å²) >= 11 is 7.43. The number of aliphatic hydroxyl groups excluding tert-OH is 1. The first kappa shape index (κ1) is 15.3. The van der Waals surface area contributed by atoms with Crippen LogP contribution in [0.3, 0.4) is 0 Å². The molecule has 0 radical (unpaired) electrons. The van der Waals surface area contributed by atoms with Crippen LogP contribution in [-0.4, -0.2) is 41.4 Å². The highest BCUT2D eigenvalue weighted by Crippen LogP contribution is 2.17. The molecule has 1 N–H and O–H groups in total. The molecule has 100 valence electrons. The fraction of sp³-hybridized carbons (Fsp3) is 0.462. The lowest BCUT2D eigenvalue weighted by molar-refractivity contribution is -0.129. The number of amides is 1. The van der Waals surface area contributed by atoms with Gasteiger partial charge in [-0.1, -0.05) is 23.7 Å². The second-order valence-electron chi connectivity index (χ2n) is 4.16. The SMILES string of the molecule is CC(CO)N(C)C(=O)CSCc1cccc(Cl)c1. The first-order valence-corrected chi connectivity index (χ1v) is 7.26. The Kier molecular flexibility index (Phi) is 6.54. The van der Waals surface area contributed by atoms with Crippen LogP contribution in [0.4, 0.5) is 0 Å². The van der Waals surface area contributed by atoms with Crippen LogP contribution >= 0.6 is 23.4 Å². The highest BCUT2D eigenvalue weighted by atomic mass is 35.5. The van der Waals surface area contributed by atoms with Crippen molar-refractivity contribution < 1.29 is 9.90 Å². The number of carbonyl (C=O) groups is 1. The summed E-state index contributed by atoms with van der Waals surface area (Å²) in [5.41, 5.74) is 1.11. The Morgan fingerprint density at radius 1 is 1.56 bits per heavy atom. The van der Waals surface area contributed by atoms with E-state index in [1.165, 1.54) is 0 Å². The normalized spacial score (nSPS) is 12.2. The second-order valence-corrected chi connectivity index (χ2v) is 5.58. The number of aliphatic hydroxyl groups is 1. The monoisotopic (exact) mass is 287 g/mol. The minimum atomic E-state index is -0.135. The van der Waals surface area contributed by atoms with Crippen LogP contribution in [0.5, 0.6) is 0 Å². The molecule has 0 spiro atoms. The third-order valence-electron chi connectivity index (χ3n) is 2.70. The van der Waals surface area contributed by atoms with Crippen molar-refractivity contribution in [2.45, 2.75) is 18.7 Å². The second kappa shape index (κ2) is 7.67. The summed E-state index contributed by atoms with van der Waals surface area (Å²) < 4.78 is 0. The average Bonchev–Trinajstić information content (AvgIpc) is 2.36. The zero-order valence-electron chi connectivity index (χ0n) is 10.6. The summed E-state index contributed by atoms with van der Waals surface area (Å²) in [5.74, 6) is 1.20. The van der Waals surface area contributed by atoms with Gasteiger partial charge in [0.1, 0.15) is 0 Å². The van der Waals surface area contributed by atoms with E-state index < -0.39 is 0 Å². The van der Waals surface area contributed by atoms with Crippen molar-refractivity contribution >= 4 is 29.3 Å². The zero-order valence-corrected chi connectivity index (χ0v) is 12.2. The van der Waals surface area contributed by atoms with E-state index in [4.69, 9.17) is 16.7 Å². The van der Waals surface area contributed by atoms with Crippen LogP contribution in [0.1, 0.15) is 12.5 Å². The Morgan fingerprint density at radius 3 is 2.89 bits per heavy atom. The van der Waals surface area contributed by atoms with Gasteiger partial charge in [0.05, 0.1) is 18.4 Å². The maximum Gasteiger partial charge on any atom is 0.232 e. The molecule has 1 rings (SSSR count). The zero-order chi connectivity index (χ0) is 13.5. The molecule has 5 heteroatoms. The largest absolute Gasteiger partial charge is 0.394 e.